The minimum Gasteiger partial charge on any atom is -0.326 e. The molecule has 1 heterocycles. The van der Waals surface area contributed by atoms with E-state index in [-0.39, 0.29) is 18.1 Å². The van der Waals surface area contributed by atoms with E-state index in [0.717, 1.165) is 32.2 Å². The zero-order valence-corrected chi connectivity index (χ0v) is 11.9. The summed E-state index contributed by atoms with van der Waals surface area (Å²) >= 11 is 0. The predicted octanol–water partition coefficient (Wildman–Crippen LogP) is 2.57. The fourth-order valence-corrected chi connectivity index (χ4v) is 2.76. The highest BCUT2D eigenvalue weighted by Gasteiger charge is 2.37. The minimum absolute atomic E-state index is 0.0505. The van der Waals surface area contributed by atoms with Gasteiger partial charge >= 0.3 is 0 Å². The summed E-state index contributed by atoms with van der Waals surface area (Å²) in [5.74, 6) is 0.268. The molecule has 1 fully saturated rings. The first-order valence-corrected chi connectivity index (χ1v) is 7.36. The number of nitrogens with one attached hydrogen (secondary N) is 1. The smallest absolute Gasteiger partial charge is 0.241 e. The first-order valence-electron chi connectivity index (χ1n) is 7.36. The molecular formula is C16H24N2O. The molecular weight excluding hydrogens is 236 g/mol. The van der Waals surface area contributed by atoms with Crippen LogP contribution >= 0.6 is 0 Å². The van der Waals surface area contributed by atoms with Gasteiger partial charge < -0.3 is 4.90 Å². The van der Waals surface area contributed by atoms with Crippen LogP contribution in [0.25, 0.3) is 0 Å². The van der Waals surface area contributed by atoms with Crippen molar-refractivity contribution in [1.82, 2.24) is 10.2 Å². The molecule has 104 valence electrons. The summed E-state index contributed by atoms with van der Waals surface area (Å²) in [6, 6.07) is 10.2. The number of benzene rings is 1. The third-order valence-corrected chi connectivity index (χ3v) is 3.66. The third kappa shape index (κ3) is 3.35. The largest absolute Gasteiger partial charge is 0.326 e. The number of rotatable bonds is 6. The number of amides is 1. The highest BCUT2D eigenvalue weighted by Crippen LogP contribution is 2.18. The molecule has 1 aliphatic rings. The number of carbonyl (C=O) groups is 1. The average molecular weight is 260 g/mol. The van der Waals surface area contributed by atoms with Crippen molar-refractivity contribution in [2.24, 2.45) is 0 Å². The molecule has 0 bridgehead atoms. The summed E-state index contributed by atoms with van der Waals surface area (Å²) in [6.45, 7) is 5.16. The molecule has 0 saturated carbocycles. The van der Waals surface area contributed by atoms with Crippen LogP contribution in [0.15, 0.2) is 30.3 Å². The Bertz CT molecular complexity index is 404. The highest BCUT2D eigenvalue weighted by atomic mass is 16.2. The summed E-state index contributed by atoms with van der Waals surface area (Å²) in [4.78, 5) is 14.5. The van der Waals surface area contributed by atoms with E-state index in [1.54, 1.807) is 0 Å². The van der Waals surface area contributed by atoms with Gasteiger partial charge in [0.15, 0.2) is 0 Å². The Kier molecular flexibility index (Phi) is 4.97. The number of carbonyl (C=O) groups excluding carboxylic acids is 1. The molecule has 1 N–H and O–H groups in total. The monoisotopic (exact) mass is 260 g/mol. The molecule has 0 radical (unpaired) electrons. The lowest BCUT2D eigenvalue weighted by Crippen LogP contribution is -2.37. The van der Waals surface area contributed by atoms with Gasteiger partial charge in [0.05, 0.1) is 12.2 Å². The quantitative estimate of drug-likeness (QED) is 0.852. The van der Waals surface area contributed by atoms with Gasteiger partial charge in [-0.1, -0.05) is 50.6 Å². The first-order chi connectivity index (χ1) is 9.26. The van der Waals surface area contributed by atoms with E-state index in [1.807, 2.05) is 23.1 Å². The standard InChI is InChI=1S/C16H24N2O/c1-3-8-15-17-14(16(19)18(15)11-4-2)12-13-9-6-5-7-10-13/h5-7,9-10,14-15,17H,3-4,8,11-12H2,1-2H3. The second-order valence-electron chi connectivity index (χ2n) is 5.25. The normalized spacial score (nSPS) is 23.1. The van der Waals surface area contributed by atoms with Crippen LogP contribution in [0.1, 0.15) is 38.7 Å². The predicted molar refractivity (Wildman–Crippen MR) is 77.8 cm³/mol. The number of hydrogen-bond donors (Lipinski definition) is 1. The fraction of sp³-hybridized carbons (Fsp3) is 0.562. The average Bonchev–Trinajstić information content (AvgIpc) is 2.70. The summed E-state index contributed by atoms with van der Waals surface area (Å²) < 4.78 is 0. The van der Waals surface area contributed by atoms with Crippen molar-refractivity contribution in [3.05, 3.63) is 35.9 Å². The Morgan fingerprint density at radius 3 is 2.53 bits per heavy atom. The Balaban J connectivity index is 2.04. The molecule has 2 unspecified atom stereocenters. The van der Waals surface area contributed by atoms with E-state index in [9.17, 15) is 4.79 Å². The van der Waals surface area contributed by atoms with Gasteiger partial charge in [-0.2, -0.15) is 0 Å². The van der Waals surface area contributed by atoms with E-state index < -0.39 is 0 Å². The van der Waals surface area contributed by atoms with Crippen molar-refractivity contribution in [2.45, 2.75) is 51.7 Å². The first kappa shape index (κ1) is 14.1. The van der Waals surface area contributed by atoms with Crippen LogP contribution in [-0.4, -0.2) is 29.6 Å². The van der Waals surface area contributed by atoms with Gasteiger partial charge in [-0.25, -0.2) is 0 Å². The van der Waals surface area contributed by atoms with Crippen molar-refractivity contribution >= 4 is 5.91 Å². The molecule has 1 amide bonds. The van der Waals surface area contributed by atoms with Gasteiger partial charge in [-0.05, 0) is 24.8 Å². The molecule has 1 aromatic carbocycles. The minimum atomic E-state index is -0.0505. The van der Waals surface area contributed by atoms with Crippen molar-refractivity contribution in [1.29, 1.82) is 0 Å². The Morgan fingerprint density at radius 2 is 1.89 bits per heavy atom. The maximum absolute atomic E-state index is 12.4. The molecule has 0 aliphatic carbocycles. The maximum Gasteiger partial charge on any atom is 0.241 e. The van der Waals surface area contributed by atoms with Crippen LogP contribution in [0.5, 0.6) is 0 Å². The van der Waals surface area contributed by atoms with Crippen molar-refractivity contribution in [3.63, 3.8) is 0 Å². The van der Waals surface area contributed by atoms with Gasteiger partial charge in [0.2, 0.25) is 5.91 Å². The molecule has 1 saturated heterocycles. The van der Waals surface area contributed by atoms with Crippen molar-refractivity contribution in [3.8, 4) is 0 Å². The van der Waals surface area contributed by atoms with Gasteiger partial charge in [0.1, 0.15) is 0 Å². The molecule has 0 aromatic heterocycles. The van der Waals surface area contributed by atoms with E-state index in [2.05, 4.69) is 31.3 Å². The third-order valence-electron chi connectivity index (χ3n) is 3.66. The second-order valence-corrected chi connectivity index (χ2v) is 5.25. The van der Waals surface area contributed by atoms with E-state index in [0.29, 0.717) is 0 Å². The number of nitrogens with zero attached hydrogens (tertiary/aromatic N) is 1. The molecule has 3 heteroatoms. The van der Waals surface area contributed by atoms with Crippen LogP contribution < -0.4 is 5.32 Å². The summed E-state index contributed by atoms with van der Waals surface area (Å²) in [5, 5.41) is 3.50. The lowest BCUT2D eigenvalue weighted by molar-refractivity contribution is -0.130. The Labute approximate surface area is 116 Å². The van der Waals surface area contributed by atoms with Crippen LogP contribution in [-0.2, 0) is 11.2 Å². The van der Waals surface area contributed by atoms with E-state index in [4.69, 9.17) is 0 Å². The molecule has 19 heavy (non-hydrogen) atoms. The molecule has 1 aliphatic heterocycles. The van der Waals surface area contributed by atoms with Gasteiger partial charge in [0.25, 0.3) is 0 Å². The lowest BCUT2D eigenvalue weighted by Gasteiger charge is -2.23. The SMILES string of the molecule is CCCC1NC(Cc2ccccc2)C(=O)N1CCC. The second kappa shape index (κ2) is 6.71. The molecule has 3 nitrogen and oxygen atoms in total. The molecule has 0 spiro atoms. The lowest BCUT2D eigenvalue weighted by atomic mass is 10.1. The van der Waals surface area contributed by atoms with Crippen molar-refractivity contribution in [2.75, 3.05) is 6.54 Å². The van der Waals surface area contributed by atoms with Gasteiger partial charge in [-0.3, -0.25) is 10.1 Å². The van der Waals surface area contributed by atoms with Crippen LogP contribution in [0, 0.1) is 0 Å². The summed E-state index contributed by atoms with van der Waals surface area (Å²) in [6.07, 6.45) is 4.18. The van der Waals surface area contributed by atoms with Gasteiger partial charge in [0, 0.05) is 6.54 Å². The zero-order chi connectivity index (χ0) is 13.7. The Hall–Kier alpha value is -1.35. The summed E-state index contributed by atoms with van der Waals surface area (Å²) in [7, 11) is 0. The van der Waals surface area contributed by atoms with Crippen LogP contribution in [0.4, 0.5) is 0 Å². The molecule has 2 rings (SSSR count). The van der Waals surface area contributed by atoms with E-state index in [1.165, 1.54) is 5.56 Å². The zero-order valence-electron chi connectivity index (χ0n) is 11.9. The van der Waals surface area contributed by atoms with Gasteiger partial charge in [-0.15, -0.1) is 0 Å². The molecule has 2 atom stereocenters. The van der Waals surface area contributed by atoms with Crippen LogP contribution in [0.3, 0.4) is 0 Å². The highest BCUT2D eigenvalue weighted by molar-refractivity contribution is 5.84. The topological polar surface area (TPSA) is 32.3 Å². The number of hydrogen-bond acceptors (Lipinski definition) is 2. The van der Waals surface area contributed by atoms with E-state index >= 15 is 0 Å². The fourth-order valence-electron chi connectivity index (χ4n) is 2.76. The van der Waals surface area contributed by atoms with Crippen LogP contribution in [0.2, 0.25) is 0 Å². The maximum atomic E-state index is 12.4. The Morgan fingerprint density at radius 1 is 1.16 bits per heavy atom. The molecule has 1 aromatic rings. The van der Waals surface area contributed by atoms with Crippen molar-refractivity contribution < 1.29 is 4.79 Å². The summed E-state index contributed by atoms with van der Waals surface area (Å²) in [5.41, 5.74) is 1.22.